The largest absolute Gasteiger partial charge is 0.508 e. The van der Waals surface area contributed by atoms with Crippen molar-refractivity contribution in [1.29, 1.82) is 0 Å². The van der Waals surface area contributed by atoms with Crippen molar-refractivity contribution in [3.05, 3.63) is 95.6 Å². The van der Waals surface area contributed by atoms with Gasteiger partial charge in [-0.05, 0) is 70.8 Å². The van der Waals surface area contributed by atoms with E-state index in [9.17, 15) is 30.0 Å². The van der Waals surface area contributed by atoms with E-state index >= 15 is 0 Å². The van der Waals surface area contributed by atoms with Gasteiger partial charge >= 0.3 is 0 Å². The zero-order valence-corrected chi connectivity index (χ0v) is 16.4. The van der Waals surface area contributed by atoms with Crippen molar-refractivity contribution in [2.24, 2.45) is 0 Å². The molecule has 6 nitrogen and oxygen atoms in total. The third-order valence-corrected chi connectivity index (χ3v) is 4.47. The molecule has 31 heavy (non-hydrogen) atoms. The highest BCUT2D eigenvalue weighted by atomic mass is 16.3. The Kier molecular flexibility index (Phi) is 6.52. The highest BCUT2D eigenvalue weighted by Gasteiger charge is 2.12. The number of carbonyl (C=O) groups excluding carboxylic acids is 2. The molecule has 0 atom stereocenters. The van der Waals surface area contributed by atoms with Crippen LogP contribution in [-0.2, 0) is 9.59 Å². The van der Waals surface area contributed by atoms with Crippen molar-refractivity contribution >= 4 is 23.2 Å². The molecule has 4 N–H and O–H groups in total. The summed E-state index contributed by atoms with van der Waals surface area (Å²) in [6.45, 7) is 0. The fourth-order valence-electron chi connectivity index (χ4n) is 2.88. The molecule has 0 spiro atoms. The highest BCUT2D eigenvalue weighted by molar-refractivity contribution is 6.12. The first-order valence-electron chi connectivity index (χ1n) is 9.38. The van der Waals surface area contributed by atoms with Crippen molar-refractivity contribution in [3.8, 4) is 23.0 Å². The maximum absolute atomic E-state index is 12.6. The molecule has 0 unspecified atom stereocenters. The van der Waals surface area contributed by atoms with Crippen LogP contribution < -0.4 is 0 Å². The van der Waals surface area contributed by atoms with Gasteiger partial charge in [0.15, 0.2) is 23.1 Å². The molecule has 0 aliphatic carbocycles. The molecule has 0 aliphatic heterocycles. The van der Waals surface area contributed by atoms with Gasteiger partial charge in [-0.3, -0.25) is 9.59 Å². The van der Waals surface area contributed by atoms with Crippen LogP contribution in [0.25, 0.3) is 11.6 Å². The zero-order chi connectivity index (χ0) is 22.4. The number of phenols is 4. The van der Waals surface area contributed by atoms with Crippen LogP contribution in [-0.4, -0.2) is 32.0 Å². The van der Waals surface area contributed by atoms with Crippen molar-refractivity contribution < 1.29 is 30.0 Å². The van der Waals surface area contributed by atoms with Crippen LogP contribution in [0.3, 0.4) is 0 Å². The number of hydrogen-bond acceptors (Lipinski definition) is 6. The minimum atomic E-state index is -0.448. The van der Waals surface area contributed by atoms with Crippen LogP contribution in [0.4, 0.5) is 0 Å². The van der Waals surface area contributed by atoms with E-state index in [4.69, 9.17) is 0 Å². The number of rotatable bonds is 7. The van der Waals surface area contributed by atoms with Gasteiger partial charge in [-0.1, -0.05) is 36.4 Å². The van der Waals surface area contributed by atoms with Gasteiger partial charge in [0.1, 0.15) is 11.5 Å². The molecule has 3 aromatic carbocycles. The number of benzene rings is 3. The summed E-state index contributed by atoms with van der Waals surface area (Å²) >= 11 is 0. The summed E-state index contributed by atoms with van der Waals surface area (Å²) < 4.78 is 0. The molecule has 0 aliphatic rings. The predicted octanol–water partition coefficient (Wildman–Crippen LogP) is 4.18. The van der Waals surface area contributed by atoms with Gasteiger partial charge in [-0.15, -0.1) is 0 Å². The van der Waals surface area contributed by atoms with Crippen LogP contribution in [0, 0.1) is 0 Å². The van der Waals surface area contributed by atoms with Crippen LogP contribution in [0.5, 0.6) is 23.0 Å². The highest BCUT2D eigenvalue weighted by Crippen LogP contribution is 2.32. The summed E-state index contributed by atoms with van der Waals surface area (Å²) in [7, 11) is 0. The fraction of sp³-hybridized carbons (Fsp3) is 0.0400. The smallest absolute Gasteiger partial charge is 0.164 e. The Bertz CT molecular complexity index is 1160. The number of allylic oxidation sites excluding steroid dienone is 2. The summed E-state index contributed by atoms with van der Waals surface area (Å²) in [4.78, 5) is 24.8. The van der Waals surface area contributed by atoms with Gasteiger partial charge in [0.05, 0.1) is 6.42 Å². The molecule has 0 heterocycles. The molecule has 0 bridgehead atoms. The molecule has 0 saturated carbocycles. The van der Waals surface area contributed by atoms with Crippen molar-refractivity contribution in [3.63, 3.8) is 0 Å². The number of aromatic hydroxyl groups is 4. The third kappa shape index (κ3) is 5.83. The van der Waals surface area contributed by atoms with Crippen molar-refractivity contribution in [2.45, 2.75) is 6.42 Å². The molecule has 0 aromatic heterocycles. The van der Waals surface area contributed by atoms with E-state index < -0.39 is 11.6 Å². The van der Waals surface area contributed by atoms with E-state index in [-0.39, 0.29) is 29.4 Å². The summed E-state index contributed by atoms with van der Waals surface area (Å²) in [5.41, 5.74) is 2.18. The van der Waals surface area contributed by atoms with Gasteiger partial charge in [0.25, 0.3) is 0 Å². The van der Waals surface area contributed by atoms with Crippen LogP contribution in [0.15, 0.2) is 78.9 Å². The van der Waals surface area contributed by atoms with Crippen LogP contribution in [0.2, 0.25) is 0 Å². The first-order chi connectivity index (χ1) is 14.8. The number of carbonyl (C=O) groups is 2. The molecule has 3 rings (SSSR count). The first kappa shape index (κ1) is 21.4. The monoisotopic (exact) mass is 416 g/mol. The van der Waals surface area contributed by atoms with Crippen molar-refractivity contribution in [2.75, 3.05) is 0 Å². The van der Waals surface area contributed by atoms with E-state index in [2.05, 4.69) is 0 Å². The molecule has 0 fully saturated rings. The average Bonchev–Trinajstić information content (AvgIpc) is 2.74. The lowest BCUT2D eigenvalue weighted by Crippen LogP contribution is -2.04. The predicted molar refractivity (Wildman–Crippen MR) is 117 cm³/mol. The zero-order valence-electron chi connectivity index (χ0n) is 16.4. The topological polar surface area (TPSA) is 115 Å². The summed E-state index contributed by atoms with van der Waals surface area (Å²) in [6, 6.07) is 16.5. The van der Waals surface area contributed by atoms with Gasteiger partial charge in [-0.2, -0.15) is 0 Å². The van der Waals surface area contributed by atoms with Crippen LogP contribution >= 0.6 is 0 Å². The van der Waals surface area contributed by atoms with E-state index in [1.165, 1.54) is 54.6 Å². The van der Waals surface area contributed by atoms with Gasteiger partial charge in [0.2, 0.25) is 0 Å². The molecule has 156 valence electrons. The summed E-state index contributed by atoms with van der Waals surface area (Å²) in [5.74, 6) is -1.32. The molecule has 0 radical (unpaired) electrons. The van der Waals surface area contributed by atoms with Crippen LogP contribution in [0.1, 0.15) is 23.1 Å². The SMILES string of the molecule is O=C(C=Cc1ccc(O)cc1)CC(=O)C=C(c1ccc(O)cc1)c1ccc(O)c(O)c1. The minimum absolute atomic E-state index is 0.0533. The lowest BCUT2D eigenvalue weighted by molar-refractivity contribution is -0.121. The molecule has 0 amide bonds. The second kappa shape index (κ2) is 9.45. The standard InChI is InChI=1S/C25H20O6/c26-19-7-1-16(2-8-19)3-9-21(28)14-22(29)15-23(17-4-10-20(27)11-5-17)18-6-12-24(30)25(31)13-18/h1-13,15,26-27,30-31H,14H2. The Labute approximate surface area is 178 Å². The minimum Gasteiger partial charge on any atom is -0.508 e. The summed E-state index contributed by atoms with van der Waals surface area (Å²) in [6.07, 6.45) is 3.78. The Hall–Kier alpha value is -4.32. The average molecular weight is 416 g/mol. The number of hydrogen-bond donors (Lipinski definition) is 4. The normalized spacial score (nSPS) is 11.5. The molecular formula is C25H20O6. The van der Waals surface area contributed by atoms with E-state index in [0.29, 0.717) is 22.3 Å². The Morgan fingerprint density at radius 1 is 0.677 bits per heavy atom. The van der Waals surface area contributed by atoms with E-state index in [1.807, 2.05) is 0 Å². The third-order valence-electron chi connectivity index (χ3n) is 4.47. The molecule has 6 heteroatoms. The van der Waals surface area contributed by atoms with Gasteiger partial charge in [-0.25, -0.2) is 0 Å². The Balaban J connectivity index is 1.84. The van der Waals surface area contributed by atoms with Gasteiger partial charge < -0.3 is 20.4 Å². The fourth-order valence-corrected chi connectivity index (χ4v) is 2.88. The van der Waals surface area contributed by atoms with Crippen molar-refractivity contribution in [1.82, 2.24) is 0 Å². The number of phenolic OH excluding ortho intramolecular Hbond substituents is 4. The van der Waals surface area contributed by atoms with Gasteiger partial charge in [0, 0.05) is 0 Å². The molecule has 0 saturated heterocycles. The first-order valence-corrected chi connectivity index (χ1v) is 9.38. The molecule has 3 aromatic rings. The number of ketones is 2. The second-order valence-electron chi connectivity index (χ2n) is 6.84. The Morgan fingerprint density at radius 2 is 1.26 bits per heavy atom. The summed E-state index contributed by atoms with van der Waals surface area (Å²) in [5, 5.41) is 38.2. The maximum Gasteiger partial charge on any atom is 0.164 e. The van der Waals surface area contributed by atoms with E-state index in [1.54, 1.807) is 30.3 Å². The molecular weight excluding hydrogens is 396 g/mol. The second-order valence-corrected chi connectivity index (χ2v) is 6.84. The maximum atomic E-state index is 12.6. The lowest BCUT2D eigenvalue weighted by Gasteiger charge is -2.10. The lowest BCUT2D eigenvalue weighted by atomic mass is 9.95. The Morgan fingerprint density at radius 3 is 1.87 bits per heavy atom. The van der Waals surface area contributed by atoms with E-state index in [0.717, 1.165) is 0 Å². The quantitative estimate of drug-likeness (QED) is 0.261.